The molecule has 2 aromatic heterocycles. The Labute approximate surface area is 228 Å². The molecule has 5 rings (SSSR count). The molecule has 0 aliphatic carbocycles. The number of urea groups is 1. The first-order valence-electron chi connectivity index (χ1n) is 12.5. The normalized spacial score (nSPS) is 19.6. The molecule has 2 fully saturated rings. The van der Waals surface area contributed by atoms with Gasteiger partial charge in [0.05, 0.1) is 9.35 Å². The molecule has 1 atom stereocenters. The van der Waals surface area contributed by atoms with E-state index in [0.29, 0.717) is 31.7 Å². The first-order chi connectivity index (χ1) is 17.7. The summed E-state index contributed by atoms with van der Waals surface area (Å²) in [6.45, 7) is 9.30. The fourth-order valence-electron chi connectivity index (χ4n) is 4.81. The third-order valence-corrected chi connectivity index (χ3v) is 8.82. The first kappa shape index (κ1) is 25.9. The van der Waals surface area contributed by atoms with Gasteiger partial charge < -0.3 is 15.0 Å². The van der Waals surface area contributed by atoms with Gasteiger partial charge in [-0.3, -0.25) is 15.0 Å². The number of benzene rings is 1. The fourth-order valence-corrected chi connectivity index (χ4v) is 6.40. The first-order valence-corrected chi connectivity index (χ1v) is 14.1. The lowest BCUT2D eigenvalue weighted by Gasteiger charge is -2.27. The number of fused-ring (bicyclic) bond motifs is 1. The Morgan fingerprint density at radius 1 is 1.27 bits per heavy atom. The van der Waals surface area contributed by atoms with Crippen molar-refractivity contribution in [3.63, 3.8) is 0 Å². The second-order valence-corrected chi connectivity index (χ2v) is 11.9. The summed E-state index contributed by atoms with van der Waals surface area (Å²) in [5.41, 5.74) is -0.0879. The van der Waals surface area contributed by atoms with E-state index < -0.39 is 5.54 Å². The van der Waals surface area contributed by atoms with Gasteiger partial charge in [0.1, 0.15) is 23.6 Å². The van der Waals surface area contributed by atoms with E-state index in [-0.39, 0.29) is 11.9 Å². The van der Waals surface area contributed by atoms with Crippen LogP contribution in [0, 0.1) is 0 Å². The van der Waals surface area contributed by atoms with Gasteiger partial charge in [-0.1, -0.05) is 0 Å². The van der Waals surface area contributed by atoms with E-state index in [1.807, 2.05) is 6.07 Å². The zero-order valence-electron chi connectivity index (χ0n) is 21.2. The quantitative estimate of drug-likeness (QED) is 0.350. The van der Waals surface area contributed by atoms with E-state index in [2.05, 4.69) is 61.6 Å². The maximum Gasteiger partial charge on any atom is 0.325 e. The number of imide groups is 1. The minimum atomic E-state index is -0.878. The number of carbonyl (C=O) groups excluding carboxylic acids is 2. The van der Waals surface area contributed by atoms with Crippen LogP contribution in [-0.2, 0) is 4.79 Å². The van der Waals surface area contributed by atoms with Crippen LogP contribution in [0.4, 0.5) is 10.7 Å². The van der Waals surface area contributed by atoms with Crippen molar-refractivity contribution in [3.05, 3.63) is 34.9 Å². The molecule has 196 valence electrons. The predicted octanol–water partition coefficient (Wildman–Crippen LogP) is 4.73. The average molecular weight is 588 g/mol. The molecule has 1 unspecified atom stereocenters. The van der Waals surface area contributed by atoms with Crippen LogP contribution in [0.5, 0.6) is 5.75 Å². The minimum Gasteiger partial charge on any atom is -0.492 e. The topological polar surface area (TPSA) is 99.7 Å². The predicted molar refractivity (Wildman–Crippen MR) is 149 cm³/mol. The molecular formula is C26H31BrN6O3S. The van der Waals surface area contributed by atoms with Crippen LogP contribution in [0.2, 0.25) is 0 Å². The molecule has 0 radical (unpaired) electrons. The molecule has 11 heteroatoms. The smallest absolute Gasteiger partial charge is 0.325 e. The third kappa shape index (κ3) is 5.44. The van der Waals surface area contributed by atoms with E-state index in [4.69, 9.17) is 9.72 Å². The number of hydrogen-bond donors (Lipinski definition) is 2. The van der Waals surface area contributed by atoms with Gasteiger partial charge in [-0.25, -0.2) is 14.8 Å². The highest BCUT2D eigenvalue weighted by atomic mass is 79.9. The van der Waals surface area contributed by atoms with Gasteiger partial charge in [0.25, 0.3) is 5.91 Å². The van der Waals surface area contributed by atoms with Gasteiger partial charge in [-0.15, -0.1) is 11.3 Å². The van der Waals surface area contributed by atoms with Gasteiger partial charge in [-0.05, 0) is 85.7 Å². The molecule has 2 N–H and O–H groups in total. The van der Waals surface area contributed by atoms with Gasteiger partial charge in [-0.2, -0.15) is 0 Å². The molecular weight excluding hydrogens is 556 g/mol. The van der Waals surface area contributed by atoms with Gasteiger partial charge in [0.2, 0.25) is 5.95 Å². The maximum absolute atomic E-state index is 12.1. The van der Waals surface area contributed by atoms with Crippen LogP contribution in [0.15, 0.2) is 34.9 Å². The van der Waals surface area contributed by atoms with Crippen molar-refractivity contribution in [2.24, 2.45) is 0 Å². The number of carbonyl (C=O) groups is 2. The molecule has 2 saturated heterocycles. The molecule has 0 saturated carbocycles. The lowest BCUT2D eigenvalue weighted by molar-refractivity contribution is -0.125. The van der Waals surface area contributed by atoms with Gasteiger partial charge >= 0.3 is 6.03 Å². The Kier molecular flexibility index (Phi) is 7.37. The van der Waals surface area contributed by atoms with Crippen molar-refractivity contribution in [1.82, 2.24) is 25.1 Å². The number of likely N-dealkylation sites (tertiary alicyclic amines) is 1. The summed E-state index contributed by atoms with van der Waals surface area (Å²) in [5, 5.41) is 6.65. The highest BCUT2D eigenvalue weighted by molar-refractivity contribution is 9.10. The standard InChI is InChI=1S/C26H31BrN6O3S/c1-16-5-4-9-32(16)11-12-36-18-6-7-20-17(13-18)14-21(37-20)22-19(27)15-29-24(30-22)28-8-10-33-25(35)31-23(34)26(33,2)3/h6-7,13-16H,4-5,8-12H2,1-3H3,(H,28,29,30)(H,31,34,35). The zero-order chi connectivity index (χ0) is 26.2. The highest BCUT2D eigenvalue weighted by Crippen LogP contribution is 2.37. The number of amides is 3. The molecule has 2 aliphatic rings. The summed E-state index contributed by atoms with van der Waals surface area (Å²) in [5.74, 6) is 1.04. The van der Waals surface area contributed by atoms with E-state index in [0.717, 1.165) is 44.0 Å². The van der Waals surface area contributed by atoms with Crippen molar-refractivity contribution in [3.8, 4) is 16.3 Å². The monoisotopic (exact) mass is 586 g/mol. The Morgan fingerprint density at radius 3 is 2.84 bits per heavy atom. The number of hydrogen-bond acceptors (Lipinski definition) is 8. The van der Waals surface area contributed by atoms with Crippen molar-refractivity contribution in [2.45, 2.75) is 45.2 Å². The Balaban J connectivity index is 1.24. The molecule has 9 nitrogen and oxygen atoms in total. The van der Waals surface area contributed by atoms with E-state index in [1.165, 1.54) is 17.7 Å². The van der Waals surface area contributed by atoms with E-state index in [1.54, 1.807) is 31.4 Å². The summed E-state index contributed by atoms with van der Waals surface area (Å²) < 4.78 is 8.01. The zero-order valence-corrected chi connectivity index (χ0v) is 23.6. The molecule has 3 aromatic rings. The summed E-state index contributed by atoms with van der Waals surface area (Å²) in [6, 6.07) is 8.59. The van der Waals surface area contributed by atoms with Crippen molar-refractivity contribution in [1.29, 1.82) is 0 Å². The number of rotatable bonds is 9. The highest BCUT2D eigenvalue weighted by Gasteiger charge is 2.45. The van der Waals surface area contributed by atoms with Crippen LogP contribution in [0.25, 0.3) is 20.7 Å². The summed E-state index contributed by atoms with van der Waals surface area (Å²) >= 11 is 5.25. The van der Waals surface area contributed by atoms with Crippen LogP contribution in [0.1, 0.15) is 33.6 Å². The van der Waals surface area contributed by atoms with Crippen LogP contribution >= 0.6 is 27.3 Å². The van der Waals surface area contributed by atoms with Crippen LogP contribution in [-0.4, -0.2) is 76.1 Å². The average Bonchev–Trinajstić information content (AvgIpc) is 3.52. The van der Waals surface area contributed by atoms with E-state index in [9.17, 15) is 9.59 Å². The van der Waals surface area contributed by atoms with Crippen molar-refractivity contribution >= 4 is 55.2 Å². The number of nitrogens with zero attached hydrogens (tertiary/aromatic N) is 4. The molecule has 0 spiro atoms. The molecule has 37 heavy (non-hydrogen) atoms. The van der Waals surface area contributed by atoms with Crippen molar-refractivity contribution < 1.29 is 14.3 Å². The van der Waals surface area contributed by atoms with E-state index >= 15 is 0 Å². The lowest BCUT2D eigenvalue weighted by Crippen LogP contribution is -2.46. The largest absolute Gasteiger partial charge is 0.492 e. The molecule has 1 aromatic carbocycles. The van der Waals surface area contributed by atoms with Crippen LogP contribution < -0.4 is 15.4 Å². The molecule has 4 heterocycles. The van der Waals surface area contributed by atoms with Crippen molar-refractivity contribution in [2.75, 3.05) is 38.1 Å². The number of ether oxygens (including phenoxy) is 1. The Bertz CT molecular complexity index is 1330. The van der Waals surface area contributed by atoms with Gasteiger partial charge in [0.15, 0.2) is 0 Å². The van der Waals surface area contributed by atoms with Gasteiger partial charge in [0, 0.05) is 36.6 Å². The summed E-state index contributed by atoms with van der Waals surface area (Å²) in [6.07, 6.45) is 4.27. The summed E-state index contributed by atoms with van der Waals surface area (Å²) in [7, 11) is 0. The number of aromatic nitrogens is 2. The molecule has 2 aliphatic heterocycles. The lowest BCUT2D eigenvalue weighted by atomic mass is 10.0. The number of anilines is 1. The Hall–Kier alpha value is -2.76. The van der Waals surface area contributed by atoms with Crippen LogP contribution in [0.3, 0.4) is 0 Å². The number of thiophene rings is 1. The second-order valence-electron chi connectivity index (χ2n) is 9.97. The number of nitrogens with one attached hydrogen (secondary N) is 2. The maximum atomic E-state index is 12.1. The second kappa shape index (κ2) is 10.5. The Morgan fingerprint density at radius 2 is 2.11 bits per heavy atom. The molecule has 0 bridgehead atoms. The molecule has 3 amide bonds. The fraction of sp³-hybridized carbons (Fsp3) is 0.462. The SMILES string of the molecule is CC1CCCN1CCOc1ccc2sc(-c3nc(NCCN4C(=O)NC(=O)C4(C)C)ncc3Br)cc2c1. The minimum absolute atomic E-state index is 0.292. The third-order valence-electron chi connectivity index (χ3n) is 7.12. The summed E-state index contributed by atoms with van der Waals surface area (Å²) in [4.78, 5) is 38.1. The number of halogens is 1.